The molecule has 0 amide bonds. The fourth-order valence-electron chi connectivity index (χ4n) is 4.14. The van der Waals surface area contributed by atoms with Crippen LogP contribution in [0.2, 0.25) is 0 Å². The molecule has 2 atom stereocenters. The second kappa shape index (κ2) is 8.39. The van der Waals surface area contributed by atoms with E-state index in [-0.39, 0.29) is 18.0 Å². The molecule has 2 aliphatic rings. The molecule has 0 bridgehead atoms. The largest absolute Gasteiger partial charge is 0.493 e. The van der Waals surface area contributed by atoms with Crippen LogP contribution in [0.1, 0.15) is 64.4 Å². The van der Waals surface area contributed by atoms with E-state index in [2.05, 4.69) is 6.92 Å². The Balaban J connectivity index is 1.55. The van der Waals surface area contributed by atoms with Crippen LogP contribution < -0.4 is 9.47 Å². The lowest BCUT2D eigenvalue weighted by molar-refractivity contribution is 0.0784. The molecular formula is C21H31FO3. The minimum atomic E-state index is -0.300. The Morgan fingerprint density at radius 2 is 2.00 bits per heavy atom. The van der Waals surface area contributed by atoms with Crippen LogP contribution in [0.4, 0.5) is 4.39 Å². The molecule has 140 valence electrons. The third-order valence-electron chi connectivity index (χ3n) is 5.78. The zero-order valence-electron chi connectivity index (χ0n) is 15.5. The van der Waals surface area contributed by atoms with Crippen molar-refractivity contribution in [2.45, 2.75) is 77.4 Å². The second-order valence-electron chi connectivity index (χ2n) is 7.79. The predicted molar refractivity (Wildman–Crippen MR) is 96.7 cm³/mol. The van der Waals surface area contributed by atoms with Gasteiger partial charge in [0.25, 0.3) is 0 Å². The fourth-order valence-corrected chi connectivity index (χ4v) is 4.14. The lowest BCUT2D eigenvalue weighted by Gasteiger charge is -2.30. The number of aliphatic hydroxyl groups is 1. The molecular weight excluding hydrogens is 319 g/mol. The summed E-state index contributed by atoms with van der Waals surface area (Å²) in [5, 5.41) is 9.68. The highest BCUT2D eigenvalue weighted by atomic mass is 19.1. The predicted octanol–water partition coefficient (Wildman–Crippen LogP) is 4.89. The van der Waals surface area contributed by atoms with Crippen molar-refractivity contribution < 1.29 is 19.0 Å². The van der Waals surface area contributed by atoms with Crippen LogP contribution in [0.3, 0.4) is 0 Å². The molecule has 0 radical (unpaired) electrons. The van der Waals surface area contributed by atoms with Crippen LogP contribution in [0.5, 0.6) is 11.5 Å². The maximum absolute atomic E-state index is 14.4. The molecule has 0 aromatic heterocycles. The van der Waals surface area contributed by atoms with Crippen molar-refractivity contribution in [3.63, 3.8) is 0 Å². The number of ether oxygens (including phenoxy) is 2. The quantitative estimate of drug-likeness (QED) is 0.794. The van der Waals surface area contributed by atoms with Crippen LogP contribution in [0.25, 0.3) is 0 Å². The summed E-state index contributed by atoms with van der Waals surface area (Å²) in [6.07, 6.45) is 8.02. The van der Waals surface area contributed by atoms with Crippen molar-refractivity contribution in [1.29, 1.82) is 0 Å². The Morgan fingerprint density at radius 3 is 2.68 bits per heavy atom. The molecule has 1 fully saturated rings. The number of hydrogen-bond donors (Lipinski definition) is 1. The van der Waals surface area contributed by atoms with E-state index >= 15 is 0 Å². The Hall–Kier alpha value is -1.29. The summed E-state index contributed by atoms with van der Waals surface area (Å²) >= 11 is 0. The van der Waals surface area contributed by atoms with Gasteiger partial charge in [-0.25, -0.2) is 4.39 Å². The standard InChI is InChI=1S/C21H31FO3/c1-3-4-18-10-9-17-11-19(12-20(22)21(17)25-18)24-13-15-5-7-16(8-6-15)14(2)23/h11-12,14-16,18,23H,3-10,13H2,1-2H3. The van der Waals surface area contributed by atoms with Crippen LogP contribution in [0.15, 0.2) is 12.1 Å². The van der Waals surface area contributed by atoms with Gasteiger partial charge in [0.2, 0.25) is 0 Å². The average molecular weight is 350 g/mol. The van der Waals surface area contributed by atoms with Gasteiger partial charge in [-0.15, -0.1) is 0 Å². The van der Waals surface area contributed by atoms with Gasteiger partial charge in [-0.1, -0.05) is 13.3 Å². The molecule has 1 heterocycles. The first-order valence-corrected chi connectivity index (χ1v) is 9.86. The Morgan fingerprint density at radius 1 is 1.24 bits per heavy atom. The highest BCUT2D eigenvalue weighted by Crippen LogP contribution is 2.36. The maximum atomic E-state index is 14.4. The number of hydrogen-bond acceptors (Lipinski definition) is 3. The van der Waals surface area contributed by atoms with Crippen molar-refractivity contribution in [1.82, 2.24) is 0 Å². The van der Waals surface area contributed by atoms with Gasteiger partial charge in [0.05, 0.1) is 18.8 Å². The molecule has 4 heteroatoms. The van der Waals surface area contributed by atoms with Crippen molar-refractivity contribution >= 4 is 0 Å². The van der Waals surface area contributed by atoms with Crippen LogP contribution in [0, 0.1) is 17.7 Å². The van der Waals surface area contributed by atoms with Crippen LogP contribution >= 0.6 is 0 Å². The van der Waals surface area contributed by atoms with E-state index in [0.717, 1.165) is 56.9 Å². The minimum Gasteiger partial charge on any atom is -0.493 e. The molecule has 2 unspecified atom stereocenters. The van der Waals surface area contributed by atoms with E-state index in [0.29, 0.717) is 29.9 Å². The summed E-state index contributed by atoms with van der Waals surface area (Å²) < 4.78 is 26.2. The third kappa shape index (κ3) is 4.66. The van der Waals surface area contributed by atoms with Crippen molar-refractivity contribution in [3.05, 3.63) is 23.5 Å². The normalized spacial score (nSPS) is 27.3. The number of halogens is 1. The van der Waals surface area contributed by atoms with Crippen molar-refractivity contribution in [3.8, 4) is 11.5 Å². The maximum Gasteiger partial charge on any atom is 0.169 e. The van der Waals surface area contributed by atoms with E-state index in [9.17, 15) is 9.50 Å². The molecule has 25 heavy (non-hydrogen) atoms. The average Bonchev–Trinajstić information content (AvgIpc) is 2.61. The molecule has 1 aromatic carbocycles. The van der Waals surface area contributed by atoms with Gasteiger partial charge in [-0.2, -0.15) is 0 Å². The summed E-state index contributed by atoms with van der Waals surface area (Å²) in [4.78, 5) is 0. The first-order valence-electron chi connectivity index (χ1n) is 9.86. The molecule has 3 rings (SSSR count). The summed E-state index contributed by atoms with van der Waals surface area (Å²) in [5.41, 5.74) is 0.931. The number of fused-ring (bicyclic) bond motifs is 1. The van der Waals surface area contributed by atoms with Crippen LogP contribution in [-0.2, 0) is 6.42 Å². The number of benzene rings is 1. The van der Waals surface area contributed by atoms with Crippen molar-refractivity contribution in [2.75, 3.05) is 6.61 Å². The molecule has 3 nitrogen and oxygen atoms in total. The summed E-state index contributed by atoms with van der Waals surface area (Å²) in [6, 6.07) is 3.41. The van der Waals surface area contributed by atoms with E-state index in [4.69, 9.17) is 9.47 Å². The summed E-state index contributed by atoms with van der Waals surface area (Å²) in [5.74, 6) is 1.66. The molecule has 0 spiro atoms. The van der Waals surface area contributed by atoms with E-state index in [1.165, 1.54) is 6.07 Å². The van der Waals surface area contributed by atoms with Gasteiger partial charge in [0.1, 0.15) is 5.75 Å². The first kappa shape index (κ1) is 18.5. The lowest BCUT2D eigenvalue weighted by Crippen LogP contribution is -2.26. The molecule has 1 aliphatic heterocycles. The molecule has 0 saturated heterocycles. The van der Waals surface area contributed by atoms with E-state index in [1.54, 1.807) is 0 Å². The molecule has 1 aromatic rings. The second-order valence-corrected chi connectivity index (χ2v) is 7.79. The Kier molecular flexibility index (Phi) is 6.21. The SMILES string of the molecule is CCCC1CCc2cc(OCC3CCC(C(C)O)CC3)cc(F)c2O1. The first-order chi connectivity index (χ1) is 12.1. The highest BCUT2D eigenvalue weighted by Gasteiger charge is 2.26. The Bertz CT molecular complexity index is 565. The molecule has 1 saturated carbocycles. The highest BCUT2D eigenvalue weighted by molar-refractivity contribution is 5.43. The summed E-state index contributed by atoms with van der Waals surface area (Å²) in [6.45, 7) is 4.63. The van der Waals surface area contributed by atoms with Crippen LogP contribution in [-0.4, -0.2) is 23.9 Å². The van der Waals surface area contributed by atoms with Gasteiger partial charge >= 0.3 is 0 Å². The smallest absolute Gasteiger partial charge is 0.169 e. The zero-order chi connectivity index (χ0) is 17.8. The summed E-state index contributed by atoms with van der Waals surface area (Å²) in [7, 11) is 0. The monoisotopic (exact) mass is 350 g/mol. The molecule has 1 aliphatic carbocycles. The topological polar surface area (TPSA) is 38.7 Å². The number of aryl methyl sites for hydroxylation is 1. The zero-order valence-corrected chi connectivity index (χ0v) is 15.5. The van der Waals surface area contributed by atoms with Gasteiger partial charge in [-0.05, 0) is 69.8 Å². The number of aliphatic hydroxyl groups excluding tert-OH is 1. The lowest BCUT2D eigenvalue weighted by atomic mass is 9.80. The fraction of sp³-hybridized carbons (Fsp3) is 0.714. The van der Waals surface area contributed by atoms with Gasteiger partial charge < -0.3 is 14.6 Å². The van der Waals surface area contributed by atoms with Gasteiger partial charge in [-0.3, -0.25) is 0 Å². The van der Waals surface area contributed by atoms with Gasteiger partial charge in [0.15, 0.2) is 11.6 Å². The van der Waals surface area contributed by atoms with E-state index < -0.39 is 0 Å². The number of rotatable bonds is 6. The van der Waals surface area contributed by atoms with E-state index in [1.807, 2.05) is 13.0 Å². The van der Waals surface area contributed by atoms with Gasteiger partial charge in [0, 0.05) is 11.6 Å². The Labute approximate surface area is 150 Å². The van der Waals surface area contributed by atoms with Crippen molar-refractivity contribution in [2.24, 2.45) is 11.8 Å². The third-order valence-corrected chi connectivity index (χ3v) is 5.78. The molecule has 1 N–H and O–H groups in total. The minimum absolute atomic E-state index is 0.142.